The first-order valence-corrected chi connectivity index (χ1v) is 10.4. The smallest absolute Gasteiger partial charge is 0.315 e. The first kappa shape index (κ1) is 20.6. The molecule has 3 rings (SSSR count). The van der Waals surface area contributed by atoms with Crippen molar-refractivity contribution < 1.29 is 9.59 Å². The number of piperazine rings is 1. The summed E-state index contributed by atoms with van der Waals surface area (Å²) in [5.74, 6) is 0.0559. The zero-order valence-electron chi connectivity index (χ0n) is 17.1. The topological polar surface area (TPSA) is 67.9 Å². The Bertz CT molecular complexity index is 655. The van der Waals surface area contributed by atoms with Crippen molar-refractivity contribution in [1.82, 2.24) is 20.4 Å². The van der Waals surface area contributed by atoms with Crippen LogP contribution in [0.15, 0.2) is 24.3 Å². The van der Waals surface area contributed by atoms with E-state index >= 15 is 0 Å². The molecule has 0 radical (unpaired) electrons. The second-order valence-electron chi connectivity index (χ2n) is 7.77. The number of hydrogen-bond acceptors (Lipinski definition) is 4. The van der Waals surface area contributed by atoms with Gasteiger partial charge >= 0.3 is 6.03 Å². The van der Waals surface area contributed by atoms with Crippen LogP contribution in [-0.4, -0.2) is 80.1 Å². The lowest BCUT2D eigenvalue weighted by Gasteiger charge is -2.33. The van der Waals surface area contributed by atoms with Crippen molar-refractivity contribution in [3.63, 3.8) is 0 Å². The fraction of sp³-hybridized carbons (Fsp3) is 0.619. The van der Waals surface area contributed by atoms with E-state index in [9.17, 15) is 9.59 Å². The quantitative estimate of drug-likeness (QED) is 0.695. The minimum atomic E-state index is -0.181. The minimum absolute atomic E-state index is 0.0559. The predicted molar refractivity (Wildman–Crippen MR) is 112 cm³/mol. The maximum Gasteiger partial charge on any atom is 0.315 e. The van der Waals surface area contributed by atoms with Crippen LogP contribution in [0.25, 0.3) is 0 Å². The Balaban J connectivity index is 1.33. The van der Waals surface area contributed by atoms with E-state index in [1.807, 2.05) is 31.2 Å². The van der Waals surface area contributed by atoms with Crippen LogP contribution in [0.3, 0.4) is 0 Å². The molecule has 2 N–H and O–H groups in total. The fourth-order valence-electron chi connectivity index (χ4n) is 3.85. The monoisotopic (exact) mass is 387 g/mol. The molecule has 0 aromatic heterocycles. The highest BCUT2D eigenvalue weighted by atomic mass is 16.2. The van der Waals surface area contributed by atoms with E-state index in [4.69, 9.17) is 0 Å². The molecule has 0 unspecified atom stereocenters. The highest BCUT2D eigenvalue weighted by Crippen LogP contribution is 2.21. The van der Waals surface area contributed by atoms with Crippen molar-refractivity contribution in [3.8, 4) is 0 Å². The number of nitrogens with one attached hydrogen (secondary N) is 2. The van der Waals surface area contributed by atoms with Gasteiger partial charge in [0, 0.05) is 51.4 Å². The number of nitrogens with zero attached hydrogens (tertiary/aromatic N) is 3. The number of carbonyl (C=O) groups is 2. The van der Waals surface area contributed by atoms with Crippen LogP contribution in [0.2, 0.25) is 0 Å². The third kappa shape index (κ3) is 5.69. The number of aryl methyl sites for hydroxylation is 1. The number of amides is 3. The van der Waals surface area contributed by atoms with Gasteiger partial charge in [-0.15, -0.1) is 0 Å². The van der Waals surface area contributed by atoms with E-state index in [1.54, 1.807) is 4.90 Å². The van der Waals surface area contributed by atoms with Gasteiger partial charge in [-0.3, -0.25) is 4.79 Å². The lowest BCUT2D eigenvalue weighted by Crippen LogP contribution is -2.47. The lowest BCUT2D eigenvalue weighted by atomic mass is 10.2. The normalized spacial score (nSPS) is 21.1. The molecule has 0 saturated carbocycles. The van der Waals surface area contributed by atoms with Crippen LogP contribution >= 0.6 is 0 Å². The highest BCUT2D eigenvalue weighted by Gasteiger charge is 2.31. The van der Waals surface area contributed by atoms with Crippen molar-refractivity contribution >= 4 is 17.6 Å². The first-order chi connectivity index (χ1) is 13.5. The highest BCUT2D eigenvalue weighted by molar-refractivity contribution is 5.96. The molecule has 7 heteroatoms. The largest absolute Gasteiger partial charge is 0.338 e. The number of anilines is 1. The van der Waals surface area contributed by atoms with Gasteiger partial charge in [0.05, 0.1) is 6.04 Å². The van der Waals surface area contributed by atoms with Gasteiger partial charge in [-0.1, -0.05) is 24.6 Å². The zero-order valence-corrected chi connectivity index (χ0v) is 17.1. The molecule has 2 aliphatic heterocycles. The van der Waals surface area contributed by atoms with E-state index in [2.05, 4.69) is 27.4 Å². The summed E-state index contributed by atoms with van der Waals surface area (Å²) >= 11 is 0. The summed E-state index contributed by atoms with van der Waals surface area (Å²) < 4.78 is 0. The van der Waals surface area contributed by atoms with Crippen LogP contribution < -0.4 is 15.5 Å². The lowest BCUT2D eigenvalue weighted by molar-refractivity contribution is -0.117. The SMILES string of the molecule is CCN1CCN(CCCNC(=O)N[C@H]2CC(=O)N(c3ccc(C)cc3)C2)CC1. The molecule has 2 saturated heterocycles. The standard InChI is InChI=1S/C21H33N5O2/c1-3-24-11-13-25(14-12-24)10-4-9-22-21(28)23-18-15-20(27)26(16-18)19-7-5-17(2)6-8-19/h5-8,18H,3-4,9-16H2,1-2H3,(H2,22,23,28)/t18-/m0/s1. The summed E-state index contributed by atoms with van der Waals surface area (Å²) in [7, 11) is 0. The van der Waals surface area contributed by atoms with Gasteiger partial charge in [0.2, 0.25) is 5.91 Å². The number of urea groups is 1. The van der Waals surface area contributed by atoms with Crippen LogP contribution in [0.5, 0.6) is 0 Å². The molecule has 1 aromatic rings. The summed E-state index contributed by atoms with van der Waals surface area (Å²) in [6, 6.07) is 7.58. The van der Waals surface area contributed by atoms with Crippen molar-refractivity contribution in [2.24, 2.45) is 0 Å². The number of benzene rings is 1. The molecule has 0 aliphatic carbocycles. The third-order valence-electron chi connectivity index (χ3n) is 5.65. The minimum Gasteiger partial charge on any atom is -0.338 e. The van der Waals surface area contributed by atoms with Crippen LogP contribution in [0, 0.1) is 6.92 Å². The summed E-state index contributed by atoms with van der Waals surface area (Å²) in [6.07, 6.45) is 1.29. The zero-order chi connectivity index (χ0) is 19.9. The second-order valence-corrected chi connectivity index (χ2v) is 7.77. The number of rotatable bonds is 7. The average Bonchev–Trinajstić information content (AvgIpc) is 3.06. The summed E-state index contributed by atoms with van der Waals surface area (Å²) in [4.78, 5) is 31.1. The second kappa shape index (κ2) is 9.89. The van der Waals surface area contributed by atoms with E-state index in [1.165, 1.54) is 0 Å². The fourth-order valence-corrected chi connectivity index (χ4v) is 3.85. The van der Waals surface area contributed by atoms with Crippen molar-refractivity contribution in [2.75, 3.05) is 57.3 Å². The first-order valence-electron chi connectivity index (χ1n) is 10.4. The van der Waals surface area contributed by atoms with Crippen LogP contribution in [-0.2, 0) is 4.79 Å². The van der Waals surface area contributed by atoms with E-state index in [0.717, 1.165) is 56.9 Å². The maximum atomic E-state index is 12.3. The molecule has 1 aromatic carbocycles. The Morgan fingerprint density at radius 3 is 2.46 bits per heavy atom. The Kier molecular flexibility index (Phi) is 7.28. The van der Waals surface area contributed by atoms with Crippen molar-refractivity contribution in [3.05, 3.63) is 29.8 Å². The molecule has 3 amide bonds. The van der Waals surface area contributed by atoms with Crippen molar-refractivity contribution in [2.45, 2.75) is 32.7 Å². The molecule has 0 bridgehead atoms. The summed E-state index contributed by atoms with van der Waals surface area (Å²) in [6.45, 7) is 12.0. The maximum absolute atomic E-state index is 12.3. The number of carbonyl (C=O) groups excluding carboxylic acids is 2. The van der Waals surface area contributed by atoms with E-state index < -0.39 is 0 Å². The molecule has 7 nitrogen and oxygen atoms in total. The molecular formula is C21H33N5O2. The molecular weight excluding hydrogens is 354 g/mol. The Hall–Kier alpha value is -2.12. The Morgan fingerprint density at radius 1 is 1.11 bits per heavy atom. The van der Waals surface area contributed by atoms with Crippen molar-refractivity contribution in [1.29, 1.82) is 0 Å². The summed E-state index contributed by atoms with van der Waals surface area (Å²) in [5, 5.41) is 5.87. The molecule has 2 fully saturated rings. The van der Waals surface area contributed by atoms with Crippen LogP contribution in [0.1, 0.15) is 25.3 Å². The third-order valence-corrected chi connectivity index (χ3v) is 5.65. The average molecular weight is 388 g/mol. The molecule has 2 aliphatic rings. The van der Waals surface area contributed by atoms with Gasteiger partial charge in [-0.05, 0) is 38.6 Å². The predicted octanol–water partition coefficient (Wildman–Crippen LogP) is 1.43. The van der Waals surface area contributed by atoms with Gasteiger partial charge in [0.25, 0.3) is 0 Å². The number of hydrogen-bond donors (Lipinski definition) is 2. The van der Waals surface area contributed by atoms with Crippen LogP contribution in [0.4, 0.5) is 10.5 Å². The molecule has 0 spiro atoms. The molecule has 2 heterocycles. The van der Waals surface area contributed by atoms with Gasteiger partial charge in [0.15, 0.2) is 0 Å². The Morgan fingerprint density at radius 2 is 1.79 bits per heavy atom. The molecule has 154 valence electrons. The van der Waals surface area contributed by atoms with Gasteiger partial charge < -0.3 is 25.3 Å². The Labute approximate surface area is 168 Å². The van der Waals surface area contributed by atoms with Gasteiger partial charge in [0.1, 0.15) is 0 Å². The molecule has 1 atom stereocenters. The van der Waals surface area contributed by atoms with Gasteiger partial charge in [-0.25, -0.2) is 4.79 Å². The molecule has 28 heavy (non-hydrogen) atoms. The number of likely N-dealkylation sites (N-methyl/N-ethyl adjacent to an activating group) is 1. The van der Waals surface area contributed by atoms with E-state index in [-0.39, 0.29) is 18.0 Å². The van der Waals surface area contributed by atoms with E-state index in [0.29, 0.717) is 19.5 Å². The summed E-state index contributed by atoms with van der Waals surface area (Å²) in [5.41, 5.74) is 2.06. The van der Waals surface area contributed by atoms with Gasteiger partial charge in [-0.2, -0.15) is 0 Å².